The molecule has 0 aromatic heterocycles. The van der Waals surface area contributed by atoms with Gasteiger partial charge in [-0.15, -0.1) is 0 Å². The van der Waals surface area contributed by atoms with E-state index in [4.69, 9.17) is 0 Å². The lowest BCUT2D eigenvalue weighted by molar-refractivity contribution is 0.359. The lowest BCUT2D eigenvalue weighted by atomic mass is 10.3. The molecule has 0 aliphatic carbocycles. The van der Waals surface area contributed by atoms with Crippen molar-refractivity contribution in [3.63, 3.8) is 0 Å². The molecule has 0 bridgehead atoms. The highest BCUT2D eigenvalue weighted by atomic mass is 32.2. The van der Waals surface area contributed by atoms with Crippen LogP contribution in [0.5, 0.6) is 0 Å². The van der Waals surface area contributed by atoms with E-state index in [1.807, 2.05) is 0 Å². The van der Waals surface area contributed by atoms with Gasteiger partial charge in [-0.3, -0.25) is 0 Å². The highest BCUT2D eigenvalue weighted by molar-refractivity contribution is 7.85. The molecule has 0 aliphatic heterocycles. The molecule has 0 aliphatic rings. The summed E-state index contributed by atoms with van der Waals surface area (Å²) in [7, 11) is -2.50. The van der Waals surface area contributed by atoms with E-state index >= 15 is 0 Å². The quantitative estimate of drug-likeness (QED) is 0.470. The van der Waals surface area contributed by atoms with Gasteiger partial charge in [0.1, 0.15) is 4.90 Å². The third-order valence-corrected chi connectivity index (χ3v) is 3.74. The van der Waals surface area contributed by atoms with E-state index in [-0.39, 0.29) is 4.90 Å². The van der Waals surface area contributed by atoms with Crippen LogP contribution in [0.3, 0.4) is 0 Å². The lowest BCUT2D eigenvalue weighted by Crippen LogP contribution is -2.09. The summed E-state index contributed by atoms with van der Waals surface area (Å²) in [4.78, 5) is -1.41. The molecule has 2 rings (SSSR count). The first-order valence-electron chi connectivity index (χ1n) is 4.93. The van der Waals surface area contributed by atoms with Crippen molar-refractivity contribution < 1.29 is 26.2 Å². The van der Waals surface area contributed by atoms with Crippen LogP contribution in [0.4, 0.5) is 22.0 Å². The van der Waals surface area contributed by atoms with Crippen LogP contribution >= 0.6 is 0 Å². The number of benzene rings is 2. The van der Waals surface area contributed by atoms with Crippen LogP contribution in [-0.4, -0.2) is 4.21 Å². The van der Waals surface area contributed by atoms with Gasteiger partial charge < -0.3 is 0 Å². The van der Waals surface area contributed by atoms with E-state index in [9.17, 15) is 26.2 Å². The van der Waals surface area contributed by atoms with Crippen molar-refractivity contribution in [3.05, 3.63) is 59.4 Å². The minimum absolute atomic E-state index is 0.0642. The first-order chi connectivity index (χ1) is 8.95. The molecule has 0 fully saturated rings. The molecule has 19 heavy (non-hydrogen) atoms. The summed E-state index contributed by atoms with van der Waals surface area (Å²) in [6.45, 7) is 0. The molecular weight excluding hydrogens is 287 g/mol. The maximum Gasteiger partial charge on any atom is 0.200 e. The minimum atomic E-state index is -2.50. The van der Waals surface area contributed by atoms with E-state index in [0.29, 0.717) is 0 Å². The standard InChI is InChI=1S/C12H5F5OS/c13-7-8(14)10(16)12(11(17)9(7)15)19(18)6-4-2-1-3-5-6/h1-5H. The zero-order chi connectivity index (χ0) is 14.2. The van der Waals surface area contributed by atoms with Gasteiger partial charge in [-0.2, -0.15) is 0 Å². The molecule has 0 spiro atoms. The van der Waals surface area contributed by atoms with E-state index < -0.39 is 44.8 Å². The van der Waals surface area contributed by atoms with E-state index in [2.05, 4.69) is 0 Å². The van der Waals surface area contributed by atoms with Gasteiger partial charge in [-0.1, -0.05) is 18.2 Å². The number of hydrogen-bond donors (Lipinski definition) is 0. The van der Waals surface area contributed by atoms with Gasteiger partial charge in [0, 0.05) is 4.90 Å². The zero-order valence-corrected chi connectivity index (χ0v) is 9.91. The maximum atomic E-state index is 13.4. The molecule has 100 valence electrons. The molecule has 0 saturated heterocycles. The number of hydrogen-bond acceptors (Lipinski definition) is 1. The van der Waals surface area contributed by atoms with Crippen molar-refractivity contribution in [1.82, 2.24) is 0 Å². The van der Waals surface area contributed by atoms with Crippen molar-refractivity contribution >= 4 is 10.8 Å². The van der Waals surface area contributed by atoms with Crippen LogP contribution in [0, 0.1) is 29.1 Å². The van der Waals surface area contributed by atoms with Crippen molar-refractivity contribution in [1.29, 1.82) is 0 Å². The van der Waals surface area contributed by atoms with Gasteiger partial charge in [0.05, 0.1) is 10.8 Å². The predicted molar refractivity (Wildman–Crippen MR) is 57.3 cm³/mol. The van der Waals surface area contributed by atoms with Crippen LogP contribution in [0.15, 0.2) is 40.1 Å². The van der Waals surface area contributed by atoms with E-state index in [1.54, 1.807) is 6.07 Å². The van der Waals surface area contributed by atoms with Gasteiger partial charge in [-0.25, -0.2) is 26.2 Å². The molecule has 1 nitrogen and oxygen atoms in total. The third-order valence-electron chi connectivity index (χ3n) is 2.31. The molecule has 0 radical (unpaired) electrons. The van der Waals surface area contributed by atoms with Gasteiger partial charge >= 0.3 is 0 Å². The lowest BCUT2D eigenvalue weighted by Gasteiger charge is -2.07. The highest BCUT2D eigenvalue weighted by Crippen LogP contribution is 2.28. The van der Waals surface area contributed by atoms with Crippen molar-refractivity contribution in [2.24, 2.45) is 0 Å². The summed E-state index contributed by atoms with van der Waals surface area (Å²) in [5.41, 5.74) is 0. The summed E-state index contributed by atoms with van der Waals surface area (Å²) in [6, 6.07) is 6.93. The Balaban J connectivity index is 2.67. The average molecular weight is 292 g/mol. The Morgan fingerprint density at radius 1 is 0.684 bits per heavy atom. The monoisotopic (exact) mass is 292 g/mol. The van der Waals surface area contributed by atoms with Gasteiger partial charge in [0.25, 0.3) is 0 Å². The van der Waals surface area contributed by atoms with Crippen molar-refractivity contribution in [2.45, 2.75) is 9.79 Å². The fourth-order valence-electron chi connectivity index (χ4n) is 1.41. The number of halogens is 5. The summed E-state index contributed by atoms with van der Waals surface area (Å²) < 4.78 is 77.5. The van der Waals surface area contributed by atoms with Crippen molar-refractivity contribution in [2.75, 3.05) is 0 Å². The summed E-state index contributed by atoms with van der Waals surface area (Å²) in [5.74, 6) is -10.7. The molecule has 2 aromatic rings. The number of rotatable bonds is 2. The smallest absolute Gasteiger partial charge is 0.200 e. The first kappa shape index (κ1) is 13.7. The van der Waals surface area contributed by atoms with Gasteiger partial charge in [-0.05, 0) is 12.1 Å². The third kappa shape index (κ3) is 2.25. The molecule has 2 aromatic carbocycles. The fraction of sp³-hybridized carbons (Fsp3) is 0. The second-order valence-corrected chi connectivity index (χ2v) is 4.90. The van der Waals surface area contributed by atoms with Crippen molar-refractivity contribution in [3.8, 4) is 0 Å². The molecule has 0 N–H and O–H groups in total. The molecule has 7 heteroatoms. The maximum absolute atomic E-state index is 13.4. The van der Waals surface area contributed by atoms with Gasteiger partial charge in [0.2, 0.25) is 5.82 Å². The Morgan fingerprint density at radius 2 is 1.11 bits per heavy atom. The Morgan fingerprint density at radius 3 is 1.58 bits per heavy atom. The van der Waals surface area contributed by atoms with Crippen LogP contribution in [0.1, 0.15) is 0 Å². The van der Waals surface area contributed by atoms with E-state index in [1.165, 1.54) is 24.3 Å². The average Bonchev–Trinajstić information content (AvgIpc) is 2.44. The molecule has 0 heterocycles. The SMILES string of the molecule is O=S(c1ccccc1)c1c(F)c(F)c(F)c(F)c1F. The zero-order valence-electron chi connectivity index (χ0n) is 9.09. The second kappa shape index (κ2) is 5.08. The minimum Gasteiger partial charge on any atom is -0.249 e. The van der Waals surface area contributed by atoms with Crippen LogP contribution in [0.25, 0.3) is 0 Å². The Bertz CT molecular complexity index is 628. The molecular formula is C12H5F5OS. The second-order valence-electron chi connectivity index (χ2n) is 3.48. The largest absolute Gasteiger partial charge is 0.249 e. The van der Waals surface area contributed by atoms with Crippen LogP contribution in [-0.2, 0) is 10.8 Å². The summed E-state index contributed by atoms with van der Waals surface area (Å²) in [5, 5.41) is 0. The predicted octanol–water partition coefficient (Wildman–Crippen LogP) is 3.55. The molecule has 0 amide bonds. The molecule has 1 atom stereocenters. The Hall–Kier alpha value is -1.76. The van der Waals surface area contributed by atoms with Gasteiger partial charge in [0.15, 0.2) is 23.3 Å². The normalized spacial score (nSPS) is 12.5. The molecule has 1 unspecified atom stereocenters. The van der Waals surface area contributed by atoms with Crippen LogP contribution < -0.4 is 0 Å². The Kier molecular flexibility index (Phi) is 3.66. The summed E-state index contributed by atoms with van der Waals surface area (Å²) in [6.07, 6.45) is 0. The fourth-order valence-corrected chi connectivity index (χ4v) is 2.55. The Labute approximate surface area is 107 Å². The topological polar surface area (TPSA) is 17.1 Å². The molecule has 0 saturated carbocycles. The summed E-state index contributed by atoms with van der Waals surface area (Å²) >= 11 is 0. The van der Waals surface area contributed by atoms with Crippen LogP contribution in [0.2, 0.25) is 0 Å². The first-order valence-corrected chi connectivity index (χ1v) is 6.08. The van der Waals surface area contributed by atoms with E-state index in [0.717, 1.165) is 0 Å². The highest BCUT2D eigenvalue weighted by Gasteiger charge is 2.29.